The first-order valence-electron chi connectivity index (χ1n) is 18.0. The molecule has 6 aromatic carbocycles. The standard InChI is InChI=1S/C48H32N4O/c1-48(2)37-26-43-35(24-33(37)34-25-36-32-19-10-12-22-44(32)53-45(36)27-38(34)48)31-18-9-11-21-42(31)52(43)46-23-13-20-39(49-46)47-50-40(29-14-5-3-6-15-29)28-41(51-47)30-16-7-4-8-17-30/h3-28H,1-2H3. The van der Waals surface area contributed by atoms with Gasteiger partial charge in [0.25, 0.3) is 0 Å². The first-order chi connectivity index (χ1) is 26.0. The van der Waals surface area contributed by atoms with Crippen molar-refractivity contribution < 1.29 is 4.42 Å². The third-order valence-electron chi connectivity index (χ3n) is 11.0. The van der Waals surface area contributed by atoms with Crippen molar-refractivity contribution in [2.45, 2.75) is 19.3 Å². The van der Waals surface area contributed by atoms with Gasteiger partial charge in [-0.2, -0.15) is 0 Å². The number of hydrogen-bond acceptors (Lipinski definition) is 4. The Bertz CT molecular complexity index is 3020. The summed E-state index contributed by atoms with van der Waals surface area (Å²) in [6.45, 7) is 4.65. The monoisotopic (exact) mass is 680 g/mol. The van der Waals surface area contributed by atoms with E-state index in [-0.39, 0.29) is 5.41 Å². The SMILES string of the molecule is CC1(C)c2cc3oc4ccccc4c3cc2-c2cc3c4ccccc4n(-c4cccc(-c5nc(-c6ccccc6)cc(-c6ccccc6)n5)n4)c3cc21. The molecule has 5 nitrogen and oxygen atoms in total. The van der Waals surface area contributed by atoms with Crippen molar-refractivity contribution in [3.05, 3.63) is 169 Å². The number of aromatic nitrogens is 4. The van der Waals surface area contributed by atoms with E-state index in [1.54, 1.807) is 0 Å². The number of pyridine rings is 1. The third kappa shape index (κ3) is 4.47. The molecule has 0 amide bonds. The van der Waals surface area contributed by atoms with Crippen LogP contribution >= 0.6 is 0 Å². The normalized spacial score (nSPS) is 13.2. The number of fused-ring (bicyclic) bond motifs is 9. The molecule has 0 atom stereocenters. The van der Waals surface area contributed by atoms with Gasteiger partial charge in [-0.1, -0.05) is 117 Å². The van der Waals surface area contributed by atoms with Crippen molar-refractivity contribution in [1.29, 1.82) is 0 Å². The highest BCUT2D eigenvalue weighted by Gasteiger charge is 2.37. The number of para-hydroxylation sites is 2. The first kappa shape index (κ1) is 29.8. The smallest absolute Gasteiger partial charge is 0.179 e. The topological polar surface area (TPSA) is 56.7 Å². The highest BCUT2D eigenvalue weighted by atomic mass is 16.3. The lowest BCUT2D eigenvalue weighted by Crippen LogP contribution is -2.15. The average Bonchev–Trinajstić information content (AvgIpc) is 3.82. The Kier molecular flexibility index (Phi) is 6.23. The van der Waals surface area contributed by atoms with E-state index in [9.17, 15) is 0 Å². The van der Waals surface area contributed by atoms with Crippen molar-refractivity contribution in [2.75, 3.05) is 0 Å². The van der Waals surface area contributed by atoms with Gasteiger partial charge in [-0.05, 0) is 76.9 Å². The van der Waals surface area contributed by atoms with Crippen LogP contribution in [0.15, 0.2) is 162 Å². The summed E-state index contributed by atoms with van der Waals surface area (Å²) in [5.74, 6) is 1.41. The molecule has 0 saturated carbocycles. The van der Waals surface area contributed by atoms with Gasteiger partial charge in [0.1, 0.15) is 22.7 Å². The molecular formula is C48H32N4O. The summed E-state index contributed by atoms with van der Waals surface area (Å²) in [5, 5.41) is 4.68. The van der Waals surface area contributed by atoms with Gasteiger partial charge in [-0.25, -0.2) is 15.0 Å². The van der Waals surface area contributed by atoms with Crippen LogP contribution < -0.4 is 0 Å². The minimum absolute atomic E-state index is 0.234. The maximum absolute atomic E-state index is 6.36. The molecule has 0 bridgehead atoms. The lowest BCUT2D eigenvalue weighted by Gasteiger charge is -2.21. The van der Waals surface area contributed by atoms with Crippen LogP contribution in [0.4, 0.5) is 0 Å². The van der Waals surface area contributed by atoms with E-state index < -0.39 is 0 Å². The van der Waals surface area contributed by atoms with Crippen molar-refractivity contribution in [3.63, 3.8) is 0 Å². The highest BCUT2D eigenvalue weighted by Crippen LogP contribution is 2.52. The molecule has 0 fully saturated rings. The maximum atomic E-state index is 6.36. The fourth-order valence-electron chi connectivity index (χ4n) is 8.41. The molecule has 11 rings (SSSR count). The van der Waals surface area contributed by atoms with E-state index in [2.05, 4.69) is 128 Å². The summed E-state index contributed by atoms with van der Waals surface area (Å²) >= 11 is 0. The summed E-state index contributed by atoms with van der Waals surface area (Å²) in [7, 11) is 0. The van der Waals surface area contributed by atoms with Gasteiger partial charge in [0.15, 0.2) is 5.82 Å². The second-order valence-electron chi connectivity index (χ2n) is 14.5. The molecule has 4 aromatic heterocycles. The van der Waals surface area contributed by atoms with Crippen molar-refractivity contribution in [3.8, 4) is 51.0 Å². The summed E-state index contributed by atoms with van der Waals surface area (Å²) in [4.78, 5) is 15.5. The predicted molar refractivity (Wildman–Crippen MR) is 215 cm³/mol. The fourth-order valence-corrected chi connectivity index (χ4v) is 8.41. The number of rotatable bonds is 4. The molecule has 250 valence electrons. The quantitative estimate of drug-likeness (QED) is 0.186. The second-order valence-corrected chi connectivity index (χ2v) is 14.5. The van der Waals surface area contributed by atoms with Crippen LogP contribution in [0.5, 0.6) is 0 Å². The molecule has 1 aliphatic carbocycles. The average molecular weight is 681 g/mol. The summed E-state index contributed by atoms with van der Waals surface area (Å²) in [5.41, 5.74) is 13.5. The Morgan fingerprint density at radius 1 is 0.453 bits per heavy atom. The van der Waals surface area contributed by atoms with Crippen LogP contribution in [0.2, 0.25) is 0 Å². The Morgan fingerprint density at radius 3 is 1.81 bits per heavy atom. The fraction of sp³-hybridized carbons (Fsp3) is 0.0625. The summed E-state index contributed by atoms with van der Waals surface area (Å²) in [6, 6.07) is 55.1. The molecule has 4 heterocycles. The van der Waals surface area contributed by atoms with Gasteiger partial charge in [0, 0.05) is 38.1 Å². The maximum Gasteiger partial charge on any atom is 0.179 e. The lowest BCUT2D eigenvalue weighted by atomic mass is 9.82. The Labute approximate surface area is 305 Å². The van der Waals surface area contributed by atoms with Gasteiger partial charge < -0.3 is 4.42 Å². The van der Waals surface area contributed by atoms with Gasteiger partial charge >= 0.3 is 0 Å². The number of nitrogens with zero attached hydrogens (tertiary/aromatic N) is 4. The van der Waals surface area contributed by atoms with Crippen LogP contribution in [0.3, 0.4) is 0 Å². The van der Waals surface area contributed by atoms with E-state index in [4.69, 9.17) is 19.4 Å². The zero-order valence-corrected chi connectivity index (χ0v) is 29.2. The molecule has 0 unspecified atom stereocenters. The van der Waals surface area contributed by atoms with E-state index in [0.29, 0.717) is 11.5 Å². The second kappa shape index (κ2) is 11.1. The largest absolute Gasteiger partial charge is 0.456 e. The molecule has 0 saturated heterocycles. The molecule has 10 aromatic rings. The lowest BCUT2D eigenvalue weighted by molar-refractivity contribution is 0.647. The highest BCUT2D eigenvalue weighted by molar-refractivity contribution is 6.13. The van der Waals surface area contributed by atoms with Gasteiger partial charge in [0.2, 0.25) is 0 Å². The van der Waals surface area contributed by atoms with Crippen molar-refractivity contribution >= 4 is 43.7 Å². The van der Waals surface area contributed by atoms with Gasteiger partial charge in [0.05, 0.1) is 22.4 Å². The Hall–Kier alpha value is -6.85. The van der Waals surface area contributed by atoms with E-state index in [1.165, 1.54) is 33.0 Å². The van der Waals surface area contributed by atoms with Crippen LogP contribution in [-0.2, 0) is 5.41 Å². The molecule has 1 aliphatic rings. The van der Waals surface area contributed by atoms with E-state index in [0.717, 1.165) is 61.3 Å². The molecule has 53 heavy (non-hydrogen) atoms. The molecule has 0 N–H and O–H groups in total. The number of hydrogen-bond donors (Lipinski definition) is 0. The minimum Gasteiger partial charge on any atom is -0.456 e. The first-order valence-corrected chi connectivity index (χ1v) is 18.0. The summed E-state index contributed by atoms with van der Waals surface area (Å²) in [6.07, 6.45) is 0. The van der Waals surface area contributed by atoms with E-state index in [1.807, 2.05) is 48.5 Å². The van der Waals surface area contributed by atoms with Crippen LogP contribution in [0, 0.1) is 0 Å². The predicted octanol–water partition coefficient (Wildman–Crippen LogP) is 12.2. The third-order valence-corrected chi connectivity index (χ3v) is 11.0. The minimum atomic E-state index is -0.234. The molecule has 0 aliphatic heterocycles. The molecular weight excluding hydrogens is 649 g/mol. The van der Waals surface area contributed by atoms with Gasteiger partial charge in [-0.15, -0.1) is 0 Å². The van der Waals surface area contributed by atoms with Crippen LogP contribution in [0.25, 0.3) is 94.7 Å². The Morgan fingerprint density at radius 2 is 1.08 bits per heavy atom. The number of benzene rings is 6. The van der Waals surface area contributed by atoms with Crippen LogP contribution in [0.1, 0.15) is 25.0 Å². The van der Waals surface area contributed by atoms with E-state index >= 15 is 0 Å². The van der Waals surface area contributed by atoms with Crippen molar-refractivity contribution in [1.82, 2.24) is 19.5 Å². The number of furan rings is 1. The molecule has 0 radical (unpaired) electrons. The zero-order chi connectivity index (χ0) is 35.3. The zero-order valence-electron chi connectivity index (χ0n) is 29.2. The summed E-state index contributed by atoms with van der Waals surface area (Å²) < 4.78 is 8.65. The van der Waals surface area contributed by atoms with Crippen LogP contribution in [-0.4, -0.2) is 19.5 Å². The van der Waals surface area contributed by atoms with Gasteiger partial charge in [-0.3, -0.25) is 4.57 Å². The molecule has 5 heteroatoms. The Balaban J connectivity index is 1.11. The molecule has 0 spiro atoms. The van der Waals surface area contributed by atoms with Crippen molar-refractivity contribution in [2.24, 2.45) is 0 Å².